The Morgan fingerprint density at radius 1 is 1.67 bits per heavy atom. The summed E-state index contributed by atoms with van der Waals surface area (Å²) in [5, 5.41) is 0. The van der Waals surface area contributed by atoms with E-state index >= 15 is 0 Å². The molecule has 0 aliphatic rings. The molecule has 0 saturated heterocycles. The molecule has 5 heteroatoms. The molecule has 1 aromatic rings. The van der Waals surface area contributed by atoms with Gasteiger partial charge in [-0.15, -0.1) is 0 Å². The summed E-state index contributed by atoms with van der Waals surface area (Å²) < 4.78 is 5.04. The second kappa shape index (κ2) is 4.50. The molecule has 0 fully saturated rings. The van der Waals surface area contributed by atoms with Crippen molar-refractivity contribution in [1.82, 2.24) is 9.97 Å². The molecule has 1 aromatic heterocycles. The number of H-pyrrole nitrogens is 1. The fourth-order valence-corrected chi connectivity index (χ4v) is 0.693. The maximum atomic E-state index is 10.9. The zero-order valence-corrected chi connectivity index (χ0v) is 6.62. The molecule has 0 amide bonds. The predicted molar refractivity (Wildman–Crippen MR) is 44.0 cm³/mol. The second-order valence-corrected chi connectivity index (χ2v) is 2.21. The van der Waals surface area contributed by atoms with Crippen LogP contribution in [0.15, 0.2) is 17.2 Å². The number of ether oxygens (including phenoxy) is 1. The fourth-order valence-electron chi connectivity index (χ4n) is 0.693. The molecule has 0 bridgehead atoms. The van der Waals surface area contributed by atoms with Crippen molar-refractivity contribution < 1.29 is 4.74 Å². The largest absolute Gasteiger partial charge is 0.474 e. The summed E-state index contributed by atoms with van der Waals surface area (Å²) in [6.07, 6.45) is 3.65. The van der Waals surface area contributed by atoms with E-state index in [0.29, 0.717) is 13.2 Å². The number of rotatable bonds is 4. The third kappa shape index (κ3) is 2.35. The Morgan fingerprint density at radius 3 is 3.17 bits per heavy atom. The van der Waals surface area contributed by atoms with Gasteiger partial charge >= 0.3 is 5.56 Å². The molecular weight excluding hydrogens is 158 g/mol. The molecular formula is C7H11N3O2. The monoisotopic (exact) mass is 169 g/mol. The Bertz CT molecular complexity index is 284. The second-order valence-electron chi connectivity index (χ2n) is 2.21. The van der Waals surface area contributed by atoms with Crippen LogP contribution in [0.2, 0.25) is 0 Å². The average Bonchev–Trinajstić information content (AvgIpc) is 2.09. The summed E-state index contributed by atoms with van der Waals surface area (Å²) >= 11 is 0. The van der Waals surface area contributed by atoms with Crippen LogP contribution in [-0.4, -0.2) is 23.1 Å². The summed E-state index contributed by atoms with van der Waals surface area (Å²) in [6, 6.07) is 0. The molecule has 0 saturated carbocycles. The van der Waals surface area contributed by atoms with Crippen LogP contribution in [0.3, 0.4) is 0 Å². The first-order valence-corrected chi connectivity index (χ1v) is 3.71. The van der Waals surface area contributed by atoms with Gasteiger partial charge in [0.05, 0.1) is 6.61 Å². The SMILES string of the molecule is NCCCOc1ncc[nH]c1=O. The van der Waals surface area contributed by atoms with Gasteiger partial charge in [0.1, 0.15) is 0 Å². The van der Waals surface area contributed by atoms with Crippen LogP contribution in [0.5, 0.6) is 5.88 Å². The third-order valence-electron chi connectivity index (χ3n) is 1.26. The average molecular weight is 169 g/mol. The molecule has 0 aliphatic heterocycles. The van der Waals surface area contributed by atoms with Crippen molar-refractivity contribution in [2.45, 2.75) is 6.42 Å². The van der Waals surface area contributed by atoms with E-state index in [1.54, 1.807) is 0 Å². The maximum Gasteiger partial charge on any atom is 0.310 e. The Morgan fingerprint density at radius 2 is 2.50 bits per heavy atom. The minimum absolute atomic E-state index is 0.103. The van der Waals surface area contributed by atoms with Gasteiger partial charge in [-0.25, -0.2) is 4.98 Å². The van der Waals surface area contributed by atoms with E-state index in [9.17, 15) is 4.79 Å². The number of hydrogen-bond donors (Lipinski definition) is 2. The van der Waals surface area contributed by atoms with Gasteiger partial charge < -0.3 is 15.5 Å². The zero-order valence-electron chi connectivity index (χ0n) is 6.62. The van der Waals surface area contributed by atoms with E-state index in [-0.39, 0.29) is 11.4 Å². The van der Waals surface area contributed by atoms with Gasteiger partial charge in [0.15, 0.2) is 0 Å². The van der Waals surface area contributed by atoms with Crippen molar-refractivity contribution >= 4 is 0 Å². The first kappa shape index (κ1) is 8.73. The molecule has 1 heterocycles. The van der Waals surface area contributed by atoms with Crippen molar-refractivity contribution in [2.24, 2.45) is 5.73 Å². The van der Waals surface area contributed by atoms with Gasteiger partial charge in [-0.3, -0.25) is 4.79 Å². The van der Waals surface area contributed by atoms with Crippen LogP contribution < -0.4 is 16.0 Å². The van der Waals surface area contributed by atoms with Crippen molar-refractivity contribution in [3.63, 3.8) is 0 Å². The minimum Gasteiger partial charge on any atom is -0.474 e. The van der Waals surface area contributed by atoms with Gasteiger partial charge in [0, 0.05) is 12.4 Å². The first-order valence-electron chi connectivity index (χ1n) is 3.71. The van der Waals surface area contributed by atoms with Crippen LogP contribution in [0.4, 0.5) is 0 Å². The van der Waals surface area contributed by atoms with Gasteiger partial charge in [-0.2, -0.15) is 0 Å². The van der Waals surface area contributed by atoms with Gasteiger partial charge in [0.25, 0.3) is 5.88 Å². The maximum absolute atomic E-state index is 10.9. The minimum atomic E-state index is -0.311. The third-order valence-corrected chi connectivity index (χ3v) is 1.26. The number of aromatic amines is 1. The quantitative estimate of drug-likeness (QED) is 0.595. The summed E-state index contributed by atoms with van der Waals surface area (Å²) in [6.45, 7) is 0.974. The lowest BCUT2D eigenvalue weighted by Gasteiger charge is -2.00. The molecule has 5 nitrogen and oxygen atoms in total. The number of nitrogens with zero attached hydrogens (tertiary/aromatic N) is 1. The lowest BCUT2D eigenvalue weighted by molar-refractivity contribution is 0.297. The van der Waals surface area contributed by atoms with Crippen LogP contribution in [-0.2, 0) is 0 Å². The molecule has 3 N–H and O–H groups in total. The molecule has 0 atom stereocenters. The molecule has 0 unspecified atom stereocenters. The molecule has 0 aromatic carbocycles. The molecule has 66 valence electrons. The summed E-state index contributed by atoms with van der Waals surface area (Å²) in [5.41, 5.74) is 4.93. The number of hydrogen-bond acceptors (Lipinski definition) is 4. The molecule has 12 heavy (non-hydrogen) atoms. The van der Waals surface area contributed by atoms with Gasteiger partial charge in [0.2, 0.25) is 0 Å². The van der Waals surface area contributed by atoms with E-state index in [0.717, 1.165) is 6.42 Å². The molecule has 0 spiro atoms. The van der Waals surface area contributed by atoms with E-state index < -0.39 is 0 Å². The lowest BCUT2D eigenvalue weighted by Crippen LogP contribution is -2.14. The number of nitrogens with two attached hydrogens (primary N) is 1. The summed E-state index contributed by atoms with van der Waals surface area (Å²) in [7, 11) is 0. The van der Waals surface area contributed by atoms with Crippen LogP contribution in [0, 0.1) is 0 Å². The van der Waals surface area contributed by atoms with Crippen LogP contribution in [0.25, 0.3) is 0 Å². The van der Waals surface area contributed by atoms with Gasteiger partial charge in [-0.1, -0.05) is 0 Å². The Kier molecular flexibility index (Phi) is 3.28. The first-order chi connectivity index (χ1) is 5.84. The van der Waals surface area contributed by atoms with E-state index in [1.807, 2.05) is 0 Å². The van der Waals surface area contributed by atoms with Crippen molar-refractivity contribution in [2.75, 3.05) is 13.2 Å². The number of aromatic nitrogens is 2. The Hall–Kier alpha value is -1.36. The summed E-state index contributed by atoms with van der Waals surface area (Å²) in [5.74, 6) is 0.103. The smallest absolute Gasteiger partial charge is 0.310 e. The van der Waals surface area contributed by atoms with E-state index in [2.05, 4.69) is 9.97 Å². The van der Waals surface area contributed by atoms with Gasteiger partial charge in [-0.05, 0) is 13.0 Å². The Balaban J connectivity index is 2.52. The fraction of sp³-hybridized carbons (Fsp3) is 0.429. The van der Waals surface area contributed by atoms with Crippen molar-refractivity contribution in [3.05, 3.63) is 22.7 Å². The summed E-state index contributed by atoms with van der Waals surface area (Å²) in [4.78, 5) is 17.1. The highest BCUT2D eigenvalue weighted by molar-refractivity contribution is 5.01. The standard InChI is InChI=1S/C7H11N3O2/c8-2-1-5-12-7-6(11)9-3-4-10-7/h3-4H,1-2,5,8H2,(H,9,11). The topological polar surface area (TPSA) is 81.0 Å². The van der Waals surface area contributed by atoms with Crippen molar-refractivity contribution in [1.29, 1.82) is 0 Å². The van der Waals surface area contributed by atoms with Crippen LogP contribution >= 0.6 is 0 Å². The highest BCUT2D eigenvalue weighted by atomic mass is 16.5. The normalized spacial score (nSPS) is 9.75. The molecule has 0 radical (unpaired) electrons. The predicted octanol–water partition coefficient (Wildman–Crippen LogP) is -0.503. The van der Waals surface area contributed by atoms with Crippen molar-refractivity contribution in [3.8, 4) is 5.88 Å². The number of nitrogens with one attached hydrogen (secondary N) is 1. The molecule has 0 aliphatic carbocycles. The van der Waals surface area contributed by atoms with E-state index in [4.69, 9.17) is 10.5 Å². The highest BCUT2D eigenvalue weighted by Gasteiger charge is 1.98. The van der Waals surface area contributed by atoms with E-state index in [1.165, 1.54) is 12.4 Å². The highest BCUT2D eigenvalue weighted by Crippen LogP contribution is 1.93. The molecule has 1 rings (SSSR count). The van der Waals surface area contributed by atoms with Crippen LogP contribution in [0.1, 0.15) is 6.42 Å². The lowest BCUT2D eigenvalue weighted by atomic mass is 10.5. The Labute approximate surface area is 69.6 Å². The zero-order chi connectivity index (χ0) is 8.81.